The lowest BCUT2D eigenvalue weighted by atomic mass is 10.1. The number of hydrogen-bond acceptors (Lipinski definition) is 6. The number of nitrogens with one attached hydrogen (secondary N) is 1. The smallest absolute Gasteiger partial charge is 0.351 e. The van der Waals surface area contributed by atoms with Crippen LogP contribution in [0.2, 0.25) is 0 Å². The van der Waals surface area contributed by atoms with Crippen molar-refractivity contribution in [2.75, 3.05) is 12.5 Å². The lowest BCUT2D eigenvalue weighted by molar-refractivity contribution is -0.136. The summed E-state index contributed by atoms with van der Waals surface area (Å²) in [5, 5.41) is -0.817. The van der Waals surface area contributed by atoms with Gasteiger partial charge in [-0.05, 0) is 12.1 Å². The first-order valence-corrected chi connectivity index (χ1v) is 8.90. The van der Waals surface area contributed by atoms with Gasteiger partial charge in [0.25, 0.3) is 0 Å². The molecule has 14 heteroatoms. The Bertz CT molecular complexity index is 1450. The molecule has 0 spiro atoms. The Hall–Kier alpha value is -4.23. The Kier molecular flexibility index (Phi) is 6.43. The number of esters is 2. The van der Waals surface area contributed by atoms with Crippen molar-refractivity contribution in [3.05, 3.63) is 80.4 Å². The molecule has 34 heavy (non-hydrogen) atoms. The first-order chi connectivity index (χ1) is 15.9. The maximum Gasteiger partial charge on any atom is 0.351 e. The van der Waals surface area contributed by atoms with Crippen LogP contribution in [0.25, 0.3) is 10.9 Å². The molecule has 0 saturated carbocycles. The van der Waals surface area contributed by atoms with Gasteiger partial charge in [-0.15, -0.1) is 0 Å². The number of pyridine rings is 1. The summed E-state index contributed by atoms with van der Waals surface area (Å²) < 4.78 is 99.4. The van der Waals surface area contributed by atoms with Crippen molar-refractivity contribution in [3.8, 4) is 0 Å². The summed E-state index contributed by atoms with van der Waals surface area (Å²) in [4.78, 5) is 48.6. The van der Waals surface area contributed by atoms with Crippen LogP contribution in [0.5, 0.6) is 0 Å². The first-order valence-electron chi connectivity index (χ1n) is 8.90. The van der Waals surface area contributed by atoms with E-state index in [1.807, 2.05) is 0 Å². The Labute approximate surface area is 183 Å². The van der Waals surface area contributed by atoms with Crippen LogP contribution in [0.1, 0.15) is 27.1 Å². The van der Waals surface area contributed by atoms with Gasteiger partial charge in [0.1, 0.15) is 17.5 Å². The molecule has 0 radical (unpaired) electrons. The highest BCUT2D eigenvalue weighted by atomic mass is 19.2. The Balaban J connectivity index is 1.92. The van der Waals surface area contributed by atoms with E-state index in [0.29, 0.717) is 16.9 Å². The first kappa shape index (κ1) is 24.4. The van der Waals surface area contributed by atoms with E-state index >= 15 is 0 Å². The predicted molar refractivity (Wildman–Crippen MR) is 99.0 cm³/mol. The predicted octanol–water partition coefficient (Wildman–Crippen LogP) is 3.10. The van der Waals surface area contributed by atoms with Gasteiger partial charge in [-0.3, -0.25) is 19.1 Å². The van der Waals surface area contributed by atoms with Gasteiger partial charge < -0.3 is 10.2 Å². The number of ether oxygens (including phenoxy) is 1. The van der Waals surface area contributed by atoms with Crippen LogP contribution in [0.3, 0.4) is 0 Å². The molecular formula is C20H9F7N2O5. The number of hydrogen-bond donors (Lipinski definition) is 1. The highest BCUT2D eigenvalue weighted by Crippen LogP contribution is 2.22. The highest BCUT2D eigenvalue weighted by Gasteiger charge is 2.27. The SMILES string of the molecule is CNn1cc(C(=O)OC(=O)CC(=O)c2cc(F)c(F)c(F)c2F)c(=O)c2cc(F)c(F)c(F)c21. The quantitative estimate of drug-likeness (QED) is 0.148. The molecule has 1 aromatic heterocycles. The van der Waals surface area contributed by atoms with Crippen molar-refractivity contribution < 1.29 is 49.9 Å². The number of nitrogens with zero attached hydrogens (tertiary/aromatic N) is 1. The van der Waals surface area contributed by atoms with Crippen LogP contribution in [0.4, 0.5) is 30.7 Å². The minimum absolute atomic E-state index is 0.0116. The van der Waals surface area contributed by atoms with E-state index in [1.54, 1.807) is 0 Å². The normalized spacial score (nSPS) is 10.9. The fourth-order valence-corrected chi connectivity index (χ4v) is 2.91. The number of ketones is 1. The van der Waals surface area contributed by atoms with E-state index in [4.69, 9.17) is 0 Å². The van der Waals surface area contributed by atoms with Gasteiger partial charge in [0.2, 0.25) is 5.43 Å². The molecule has 0 amide bonds. The van der Waals surface area contributed by atoms with Gasteiger partial charge in [-0.1, -0.05) is 0 Å². The highest BCUT2D eigenvalue weighted by molar-refractivity contribution is 6.09. The third-order valence-corrected chi connectivity index (χ3v) is 4.50. The van der Waals surface area contributed by atoms with E-state index in [2.05, 4.69) is 10.2 Å². The molecule has 0 bridgehead atoms. The molecule has 0 aliphatic carbocycles. The third-order valence-electron chi connectivity index (χ3n) is 4.50. The number of Topliss-reactive ketones (excluding diaryl/α,β-unsaturated/α-hetero) is 1. The third kappa shape index (κ3) is 4.09. The van der Waals surface area contributed by atoms with Gasteiger partial charge in [-0.2, -0.15) is 0 Å². The zero-order valence-electron chi connectivity index (χ0n) is 16.6. The van der Waals surface area contributed by atoms with E-state index in [-0.39, 0.29) is 6.07 Å². The van der Waals surface area contributed by atoms with Crippen LogP contribution >= 0.6 is 0 Å². The van der Waals surface area contributed by atoms with Gasteiger partial charge in [-0.25, -0.2) is 35.5 Å². The summed E-state index contributed by atoms with van der Waals surface area (Å²) >= 11 is 0. The molecule has 2 aromatic carbocycles. The lowest BCUT2D eigenvalue weighted by Crippen LogP contribution is -2.26. The average Bonchev–Trinajstić information content (AvgIpc) is 2.78. The van der Waals surface area contributed by atoms with Gasteiger partial charge in [0.05, 0.1) is 10.9 Å². The largest absolute Gasteiger partial charge is 0.389 e. The molecule has 0 fully saturated rings. The van der Waals surface area contributed by atoms with Crippen LogP contribution < -0.4 is 10.9 Å². The van der Waals surface area contributed by atoms with Crippen LogP contribution in [0, 0.1) is 40.7 Å². The molecule has 1 heterocycles. The molecular weight excluding hydrogens is 481 g/mol. The molecule has 178 valence electrons. The zero-order chi connectivity index (χ0) is 25.5. The molecule has 0 atom stereocenters. The number of fused-ring (bicyclic) bond motifs is 1. The molecule has 3 rings (SSSR count). The van der Waals surface area contributed by atoms with Gasteiger partial charge in [0.15, 0.2) is 46.5 Å². The Morgan fingerprint density at radius 2 is 1.44 bits per heavy atom. The standard InChI is InChI=1S/C20H9F7N2O5/c1-28-29-5-8(19(32)7-3-10(22)15(25)17(27)18(7)29)20(33)34-12(31)4-11(30)6-2-9(21)14(24)16(26)13(6)23/h2-3,5,28H,4H2,1H3. The summed E-state index contributed by atoms with van der Waals surface area (Å²) in [6.07, 6.45) is -0.873. The molecule has 0 aliphatic heterocycles. The minimum atomic E-state index is -2.31. The number of rotatable bonds is 5. The summed E-state index contributed by atoms with van der Waals surface area (Å²) in [7, 11) is 1.15. The number of carbonyl (C=O) groups excluding carboxylic acids is 3. The second-order valence-corrected chi connectivity index (χ2v) is 6.56. The number of halogens is 7. The maximum atomic E-state index is 14.1. The summed E-state index contributed by atoms with van der Waals surface area (Å²) in [6, 6.07) is 0.286. The van der Waals surface area contributed by atoms with Crippen molar-refractivity contribution in [1.82, 2.24) is 4.68 Å². The van der Waals surface area contributed by atoms with Crippen LogP contribution in [-0.2, 0) is 9.53 Å². The molecule has 3 aromatic rings. The van der Waals surface area contributed by atoms with Crippen molar-refractivity contribution in [2.24, 2.45) is 0 Å². The zero-order valence-corrected chi connectivity index (χ0v) is 16.6. The Morgan fingerprint density at radius 1 is 0.853 bits per heavy atom. The second-order valence-electron chi connectivity index (χ2n) is 6.56. The van der Waals surface area contributed by atoms with Crippen molar-refractivity contribution in [2.45, 2.75) is 6.42 Å². The van der Waals surface area contributed by atoms with Gasteiger partial charge in [0, 0.05) is 13.2 Å². The molecule has 7 nitrogen and oxygen atoms in total. The lowest BCUT2D eigenvalue weighted by Gasteiger charge is -2.13. The van der Waals surface area contributed by atoms with Gasteiger partial charge >= 0.3 is 11.9 Å². The second kappa shape index (κ2) is 8.96. The minimum Gasteiger partial charge on any atom is -0.389 e. The molecule has 0 unspecified atom stereocenters. The van der Waals surface area contributed by atoms with Crippen molar-refractivity contribution in [3.63, 3.8) is 0 Å². The van der Waals surface area contributed by atoms with Crippen molar-refractivity contribution in [1.29, 1.82) is 0 Å². The molecule has 1 N–H and O–H groups in total. The van der Waals surface area contributed by atoms with E-state index in [0.717, 1.165) is 7.05 Å². The molecule has 0 saturated heterocycles. The summed E-state index contributed by atoms with van der Waals surface area (Å²) in [5.74, 6) is -19.0. The topological polar surface area (TPSA) is 94.5 Å². The number of benzene rings is 2. The van der Waals surface area contributed by atoms with E-state index in [1.165, 1.54) is 0 Å². The summed E-state index contributed by atoms with van der Waals surface area (Å²) in [6.45, 7) is 0. The number of carbonyl (C=O) groups is 3. The fraction of sp³-hybridized carbons (Fsp3) is 0.100. The van der Waals surface area contributed by atoms with Crippen molar-refractivity contribution >= 4 is 28.6 Å². The van der Waals surface area contributed by atoms with E-state index in [9.17, 15) is 49.9 Å². The van der Waals surface area contributed by atoms with Crippen LogP contribution in [-0.4, -0.2) is 29.4 Å². The number of aromatic nitrogens is 1. The fourth-order valence-electron chi connectivity index (χ4n) is 2.91. The van der Waals surface area contributed by atoms with E-state index < -0.39 is 92.3 Å². The molecule has 0 aliphatic rings. The maximum absolute atomic E-state index is 14.1. The van der Waals surface area contributed by atoms with Crippen LogP contribution in [0.15, 0.2) is 23.1 Å². The summed E-state index contributed by atoms with van der Waals surface area (Å²) in [5.41, 5.74) is -2.23. The average molecular weight is 490 g/mol. The monoisotopic (exact) mass is 490 g/mol. The Morgan fingerprint density at radius 3 is 2.06 bits per heavy atom.